The molecule has 0 bridgehead atoms. The van der Waals surface area contributed by atoms with Gasteiger partial charge in [0.25, 0.3) is 0 Å². The van der Waals surface area contributed by atoms with Crippen molar-refractivity contribution in [1.29, 1.82) is 0 Å². The molecule has 1 saturated carbocycles. The molecule has 1 aliphatic heterocycles. The van der Waals surface area contributed by atoms with Gasteiger partial charge in [0.15, 0.2) is 0 Å². The molecule has 0 spiro atoms. The highest BCUT2D eigenvalue weighted by Crippen LogP contribution is 2.57. The molecule has 1 aromatic heterocycles. The molecule has 1 N–H and O–H groups in total. The first kappa shape index (κ1) is 13.5. The van der Waals surface area contributed by atoms with E-state index in [1.54, 1.807) is 12.3 Å². The number of phenolic OH excluding ortho intramolecular Hbond substituents is 1. The van der Waals surface area contributed by atoms with Crippen molar-refractivity contribution in [3.63, 3.8) is 0 Å². The van der Waals surface area contributed by atoms with E-state index in [4.69, 9.17) is 0 Å². The van der Waals surface area contributed by atoms with Crippen molar-refractivity contribution in [2.75, 3.05) is 6.54 Å². The Morgan fingerprint density at radius 3 is 2.86 bits per heavy atom. The summed E-state index contributed by atoms with van der Waals surface area (Å²) in [6.45, 7) is 1.69. The standard InChI is InChI=1S/C18H18N2O2/c21-11-15-17-14(13-5-1-2-6-16(13)22)10-20(18(15)17)9-12-4-3-7-19-8-12/h1-8,11,14-15,17-18,22H,9-10H2/t14-,15?,17+,18?/m1/s1. The fourth-order valence-electron chi connectivity index (χ4n) is 4.00. The van der Waals surface area contributed by atoms with Gasteiger partial charge in [0.2, 0.25) is 0 Å². The summed E-state index contributed by atoms with van der Waals surface area (Å²) in [7, 11) is 0. The number of aromatic nitrogens is 1. The number of fused-ring (bicyclic) bond motifs is 1. The lowest BCUT2D eigenvalue weighted by Gasteiger charge is -2.22. The van der Waals surface area contributed by atoms with E-state index < -0.39 is 0 Å². The lowest BCUT2D eigenvalue weighted by Crippen LogP contribution is -2.27. The molecule has 1 aliphatic carbocycles. The highest BCUT2D eigenvalue weighted by Gasteiger charge is 2.62. The Hall–Kier alpha value is -2.20. The topological polar surface area (TPSA) is 53.4 Å². The second-order valence-corrected chi connectivity index (χ2v) is 6.24. The number of rotatable bonds is 4. The maximum absolute atomic E-state index is 11.3. The number of likely N-dealkylation sites (tertiary alicyclic amines) is 1. The van der Waals surface area contributed by atoms with E-state index in [9.17, 15) is 9.90 Å². The van der Waals surface area contributed by atoms with E-state index in [2.05, 4.69) is 16.0 Å². The van der Waals surface area contributed by atoms with Crippen molar-refractivity contribution >= 4 is 6.29 Å². The SMILES string of the molecule is O=CC1C2[C@H]1[C@@H](c1ccccc1O)CN2Cc1cccnc1. The van der Waals surface area contributed by atoms with Crippen LogP contribution in [0, 0.1) is 11.8 Å². The Bertz CT molecular complexity index is 688. The van der Waals surface area contributed by atoms with Crippen LogP contribution >= 0.6 is 0 Å². The number of phenols is 1. The van der Waals surface area contributed by atoms with Crippen LogP contribution in [0.4, 0.5) is 0 Å². The van der Waals surface area contributed by atoms with Crippen molar-refractivity contribution < 1.29 is 9.90 Å². The molecule has 4 nitrogen and oxygen atoms in total. The van der Waals surface area contributed by atoms with Crippen molar-refractivity contribution in [1.82, 2.24) is 9.88 Å². The summed E-state index contributed by atoms with van der Waals surface area (Å²) in [5.41, 5.74) is 2.13. The van der Waals surface area contributed by atoms with Crippen molar-refractivity contribution in [2.45, 2.75) is 18.5 Å². The molecule has 4 atom stereocenters. The van der Waals surface area contributed by atoms with E-state index in [-0.39, 0.29) is 11.8 Å². The maximum atomic E-state index is 11.3. The normalized spacial score (nSPS) is 30.0. The number of aromatic hydroxyl groups is 1. The third-order valence-corrected chi connectivity index (χ3v) is 5.01. The van der Waals surface area contributed by atoms with Gasteiger partial charge in [-0.3, -0.25) is 9.88 Å². The number of pyridine rings is 1. The van der Waals surface area contributed by atoms with Gasteiger partial charge < -0.3 is 9.90 Å². The minimum atomic E-state index is 0.0926. The number of nitrogens with zero attached hydrogens (tertiary/aromatic N) is 2. The fourth-order valence-corrected chi connectivity index (χ4v) is 4.00. The lowest BCUT2D eigenvalue weighted by molar-refractivity contribution is -0.109. The second-order valence-electron chi connectivity index (χ2n) is 6.24. The zero-order valence-corrected chi connectivity index (χ0v) is 12.2. The molecule has 22 heavy (non-hydrogen) atoms. The summed E-state index contributed by atoms with van der Waals surface area (Å²) < 4.78 is 0. The molecule has 4 rings (SSSR count). The van der Waals surface area contributed by atoms with E-state index in [1.165, 1.54) is 0 Å². The van der Waals surface area contributed by atoms with E-state index in [0.29, 0.717) is 17.7 Å². The second kappa shape index (κ2) is 5.21. The van der Waals surface area contributed by atoms with Crippen molar-refractivity contribution in [3.8, 4) is 5.75 Å². The summed E-state index contributed by atoms with van der Waals surface area (Å²) in [4.78, 5) is 17.9. The molecular formula is C18H18N2O2. The van der Waals surface area contributed by atoms with Gasteiger partial charge in [-0.1, -0.05) is 24.3 Å². The molecule has 112 valence electrons. The van der Waals surface area contributed by atoms with Crippen LogP contribution in [-0.4, -0.2) is 33.9 Å². The van der Waals surface area contributed by atoms with Gasteiger partial charge >= 0.3 is 0 Å². The summed E-state index contributed by atoms with van der Waals surface area (Å²) in [6.07, 6.45) is 4.73. The number of benzene rings is 1. The Morgan fingerprint density at radius 2 is 2.14 bits per heavy atom. The van der Waals surface area contributed by atoms with Crippen LogP contribution in [0.3, 0.4) is 0 Å². The Balaban J connectivity index is 1.59. The van der Waals surface area contributed by atoms with Gasteiger partial charge in [-0.15, -0.1) is 0 Å². The number of carbonyl (C=O) groups is 1. The summed E-state index contributed by atoms with van der Waals surface area (Å²) in [5, 5.41) is 10.1. The zero-order chi connectivity index (χ0) is 15.1. The van der Waals surface area contributed by atoms with E-state index in [1.807, 2.05) is 30.5 Å². The Morgan fingerprint density at radius 1 is 1.27 bits per heavy atom. The predicted molar refractivity (Wildman–Crippen MR) is 82.3 cm³/mol. The average Bonchev–Trinajstić information content (AvgIpc) is 3.17. The van der Waals surface area contributed by atoms with Crippen LogP contribution in [-0.2, 0) is 11.3 Å². The largest absolute Gasteiger partial charge is 0.508 e. The van der Waals surface area contributed by atoms with Crippen LogP contribution in [0.2, 0.25) is 0 Å². The van der Waals surface area contributed by atoms with Crippen molar-refractivity contribution in [2.24, 2.45) is 11.8 Å². The number of piperidine rings is 1. The zero-order valence-electron chi connectivity index (χ0n) is 12.2. The average molecular weight is 294 g/mol. The highest BCUT2D eigenvalue weighted by atomic mass is 16.3. The van der Waals surface area contributed by atoms with Crippen LogP contribution in [0.1, 0.15) is 17.0 Å². The van der Waals surface area contributed by atoms with Crippen LogP contribution in [0.25, 0.3) is 0 Å². The van der Waals surface area contributed by atoms with Gasteiger partial charge in [0.1, 0.15) is 12.0 Å². The van der Waals surface area contributed by atoms with Gasteiger partial charge in [-0.25, -0.2) is 0 Å². The third kappa shape index (κ3) is 2.11. The van der Waals surface area contributed by atoms with Gasteiger partial charge in [0.05, 0.1) is 0 Å². The fraction of sp³-hybridized carbons (Fsp3) is 0.333. The molecule has 2 aromatic rings. The summed E-state index contributed by atoms with van der Waals surface area (Å²) in [5.74, 6) is 1.00. The van der Waals surface area contributed by atoms with Crippen LogP contribution < -0.4 is 0 Å². The van der Waals surface area contributed by atoms with Gasteiger partial charge in [-0.05, 0) is 29.2 Å². The highest BCUT2D eigenvalue weighted by molar-refractivity contribution is 5.63. The van der Waals surface area contributed by atoms with Crippen LogP contribution in [0.5, 0.6) is 5.75 Å². The van der Waals surface area contributed by atoms with Gasteiger partial charge in [0, 0.05) is 43.4 Å². The molecule has 4 heteroatoms. The Labute approximate surface area is 129 Å². The minimum absolute atomic E-state index is 0.0926. The first-order valence-corrected chi connectivity index (χ1v) is 7.65. The number of hydrogen-bond acceptors (Lipinski definition) is 4. The first-order valence-electron chi connectivity index (χ1n) is 7.65. The quantitative estimate of drug-likeness (QED) is 0.878. The lowest BCUT2D eigenvalue weighted by atomic mass is 9.93. The maximum Gasteiger partial charge on any atom is 0.125 e. The number of carbonyl (C=O) groups excluding carboxylic acids is 1. The predicted octanol–water partition coefficient (Wildman–Crippen LogP) is 2.20. The molecule has 1 aromatic carbocycles. The number of para-hydroxylation sites is 1. The molecule has 2 heterocycles. The first-order chi connectivity index (χ1) is 10.8. The molecule has 2 unspecified atom stereocenters. The van der Waals surface area contributed by atoms with Gasteiger partial charge in [-0.2, -0.15) is 0 Å². The molecule has 0 amide bonds. The minimum Gasteiger partial charge on any atom is -0.508 e. The van der Waals surface area contributed by atoms with Crippen molar-refractivity contribution in [3.05, 3.63) is 59.9 Å². The third-order valence-electron chi connectivity index (χ3n) is 5.01. The molecule has 1 saturated heterocycles. The summed E-state index contributed by atoms with van der Waals surface area (Å²) in [6, 6.07) is 11.8. The van der Waals surface area contributed by atoms with E-state index in [0.717, 1.165) is 30.5 Å². The van der Waals surface area contributed by atoms with Crippen LogP contribution in [0.15, 0.2) is 48.8 Å². The monoisotopic (exact) mass is 294 g/mol. The Kier molecular flexibility index (Phi) is 3.19. The molecule has 0 radical (unpaired) electrons. The number of hydrogen-bond donors (Lipinski definition) is 1. The summed E-state index contributed by atoms with van der Waals surface area (Å²) >= 11 is 0. The number of aldehydes is 1. The molecule has 2 aliphatic rings. The van der Waals surface area contributed by atoms with E-state index >= 15 is 0 Å². The smallest absolute Gasteiger partial charge is 0.125 e. The molecule has 2 fully saturated rings. The molecular weight excluding hydrogens is 276 g/mol.